The first-order valence-corrected chi connectivity index (χ1v) is 11.8. The van der Waals surface area contributed by atoms with Crippen LogP contribution in [-0.2, 0) is 19.2 Å². The molecule has 0 saturated carbocycles. The number of aliphatic carboxylic acids is 1. The fraction of sp³-hybridized carbons (Fsp3) is 0.714. The van der Waals surface area contributed by atoms with E-state index in [4.69, 9.17) is 28.7 Å². The van der Waals surface area contributed by atoms with Crippen molar-refractivity contribution in [3.63, 3.8) is 0 Å². The minimum Gasteiger partial charge on any atom is -0.480 e. The molecule has 36 heavy (non-hydrogen) atoms. The second kappa shape index (κ2) is 16.9. The van der Waals surface area contributed by atoms with Gasteiger partial charge in [-0.3, -0.25) is 24.4 Å². The Kier molecular flexibility index (Phi) is 15.2. The summed E-state index contributed by atoms with van der Waals surface area (Å²) in [4.78, 5) is 57.5. The number of nitrogens with two attached hydrogens (primary N) is 5. The van der Waals surface area contributed by atoms with E-state index in [9.17, 15) is 24.3 Å². The van der Waals surface area contributed by atoms with E-state index >= 15 is 0 Å². The van der Waals surface area contributed by atoms with E-state index < -0.39 is 47.9 Å². The summed E-state index contributed by atoms with van der Waals surface area (Å²) in [7, 11) is 0. The van der Waals surface area contributed by atoms with Crippen molar-refractivity contribution in [1.29, 1.82) is 0 Å². The Balaban J connectivity index is 5.58. The second-order valence-electron chi connectivity index (χ2n) is 8.52. The number of carboxylic acid groups (broad SMARTS) is 1. The molecule has 15 heteroatoms. The Labute approximate surface area is 211 Å². The predicted octanol–water partition coefficient (Wildman–Crippen LogP) is -2.97. The average molecular weight is 515 g/mol. The van der Waals surface area contributed by atoms with Crippen molar-refractivity contribution >= 4 is 35.6 Å². The number of rotatable bonds is 17. The summed E-state index contributed by atoms with van der Waals surface area (Å²) in [5.74, 6) is -3.58. The van der Waals surface area contributed by atoms with Crippen LogP contribution in [-0.4, -0.2) is 78.0 Å². The minimum atomic E-state index is -1.25. The number of aliphatic imine (C=N–C) groups is 2. The Bertz CT molecular complexity index is 794. The molecule has 0 aliphatic carbocycles. The van der Waals surface area contributed by atoms with Crippen LogP contribution in [0.5, 0.6) is 0 Å². The molecule has 15 nitrogen and oxygen atoms in total. The third-order valence-electron chi connectivity index (χ3n) is 5.34. The highest BCUT2D eigenvalue weighted by molar-refractivity contribution is 5.94. The highest BCUT2D eigenvalue weighted by atomic mass is 16.4. The molecule has 0 bridgehead atoms. The van der Waals surface area contributed by atoms with Crippen LogP contribution in [0.2, 0.25) is 0 Å². The quantitative estimate of drug-likeness (QED) is 0.0539. The van der Waals surface area contributed by atoms with E-state index in [1.54, 1.807) is 6.92 Å². The molecule has 3 amide bonds. The Morgan fingerprint density at radius 2 is 1.25 bits per heavy atom. The molecule has 0 rings (SSSR count). The topological polar surface area (TPSA) is 279 Å². The van der Waals surface area contributed by atoms with Crippen LogP contribution in [0.3, 0.4) is 0 Å². The lowest BCUT2D eigenvalue weighted by Gasteiger charge is -2.27. The lowest BCUT2D eigenvalue weighted by molar-refractivity contribution is -0.142. The lowest BCUT2D eigenvalue weighted by Crippen LogP contribution is -2.58. The van der Waals surface area contributed by atoms with E-state index in [2.05, 4.69) is 25.9 Å². The van der Waals surface area contributed by atoms with Crippen molar-refractivity contribution in [2.75, 3.05) is 13.1 Å². The van der Waals surface area contributed by atoms with Crippen molar-refractivity contribution in [3.8, 4) is 0 Å². The molecule has 0 heterocycles. The smallest absolute Gasteiger partial charge is 0.326 e. The molecule has 14 N–H and O–H groups in total. The van der Waals surface area contributed by atoms with Crippen molar-refractivity contribution in [2.24, 2.45) is 44.6 Å². The first-order valence-electron chi connectivity index (χ1n) is 11.8. The van der Waals surface area contributed by atoms with Crippen molar-refractivity contribution in [3.05, 3.63) is 0 Å². The number of nitrogens with zero attached hydrogens (tertiary/aromatic N) is 2. The zero-order valence-corrected chi connectivity index (χ0v) is 21.2. The molecule has 0 aromatic carbocycles. The highest BCUT2D eigenvalue weighted by Crippen LogP contribution is 2.10. The SMILES string of the molecule is CCC(C)C(NC(=O)C(C)N)C(=O)NC(CCCN=C(N)N)C(=O)NC(CCCN=C(N)N)C(=O)O. The summed E-state index contributed by atoms with van der Waals surface area (Å²) < 4.78 is 0. The van der Waals surface area contributed by atoms with E-state index in [0.717, 1.165) is 0 Å². The third-order valence-corrected chi connectivity index (χ3v) is 5.34. The largest absolute Gasteiger partial charge is 0.480 e. The van der Waals surface area contributed by atoms with E-state index in [1.165, 1.54) is 6.92 Å². The van der Waals surface area contributed by atoms with Gasteiger partial charge in [-0.15, -0.1) is 0 Å². The summed E-state index contributed by atoms with van der Waals surface area (Å²) in [5, 5.41) is 17.2. The number of carbonyl (C=O) groups is 4. The molecule has 0 aromatic heterocycles. The molecule has 0 saturated heterocycles. The Morgan fingerprint density at radius 1 is 0.778 bits per heavy atom. The van der Waals surface area contributed by atoms with Crippen LogP contribution >= 0.6 is 0 Å². The van der Waals surface area contributed by atoms with Crippen LogP contribution in [0, 0.1) is 5.92 Å². The van der Waals surface area contributed by atoms with Gasteiger partial charge in [0.25, 0.3) is 0 Å². The summed E-state index contributed by atoms with van der Waals surface area (Å²) in [6.07, 6.45) is 1.36. The average Bonchev–Trinajstić information content (AvgIpc) is 2.79. The van der Waals surface area contributed by atoms with E-state index in [-0.39, 0.29) is 43.8 Å². The zero-order valence-electron chi connectivity index (χ0n) is 21.2. The number of guanidine groups is 2. The van der Waals surface area contributed by atoms with E-state index in [0.29, 0.717) is 19.3 Å². The predicted molar refractivity (Wildman–Crippen MR) is 136 cm³/mol. The molecule has 5 atom stereocenters. The van der Waals surface area contributed by atoms with Gasteiger partial charge in [0.1, 0.15) is 18.1 Å². The van der Waals surface area contributed by atoms with Crippen LogP contribution in [0.15, 0.2) is 9.98 Å². The second-order valence-corrected chi connectivity index (χ2v) is 8.52. The molecular weight excluding hydrogens is 472 g/mol. The maximum Gasteiger partial charge on any atom is 0.326 e. The fourth-order valence-corrected chi connectivity index (χ4v) is 3.05. The maximum absolute atomic E-state index is 13.1. The standard InChI is InChI=1S/C21H42N10O5/c1-4-11(2)15(31-16(32)12(3)22)18(34)29-13(7-5-9-27-20(23)24)17(33)30-14(19(35)36)8-6-10-28-21(25)26/h11-15H,4-10,22H2,1-3H3,(H,29,34)(H,30,33)(H,31,32)(H,35,36)(H4,23,24,27)(H4,25,26,28). The molecule has 0 radical (unpaired) electrons. The van der Waals surface area contributed by atoms with Gasteiger partial charge >= 0.3 is 5.97 Å². The molecule has 0 aromatic rings. The maximum atomic E-state index is 13.1. The number of hydrogen-bond acceptors (Lipinski definition) is 7. The molecule has 206 valence electrons. The van der Waals surface area contributed by atoms with Gasteiger partial charge in [0.2, 0.25) is 17.7 Å². The van der Waals surface area contributed by atoms with Crippen molar-refractivity contribution < 1.29 is 24.3 Å². The van der Waals surface area contributed by atoms with Crippen LogP contribution in [0.1, 0.15) is 52.9 Å². The molecule has 0 spiro atoms. The Morgan fingerprint density at radius 3 is 1.67 bits per heavy atom. The molecule has 5 unspecified atom stereocenters. The first kappa shape index (κ1) is 32.4. The van der Waals surface area contributed by atoms with Gasteiger partial charge in [-0.2, -0.15) is 0 Å². The number of amides is 3. The zero-order chi connectivity index (χ0) is 27.8. The summed E-state index contributed by atoms with van der Waals surface area (Å²) in [6.45, 7) is 5.49. The number of carbonyl (C=O) groups excluding carboxylic acids is 3. The third kappa shape index (κ3) is 13.3. The van der Waals surface area contributed by atoms with Crippen LogP contribution in [0.4, 0.5) is 0 Å². The van der Waals surface area contributed by atoms with E-state index in [1.807, 2.05) is 6.92 Å². The normalized spacial score (nSPS) is 14.8. The van der Waals surface area contributed by atoms with Gasteiger partial charge in [0.15, 0.2) is 11.9 Å². The molecular formula is C21H42N10O5. The van der Waals surface area contributed by atoms with Gasteiger partial charge in [0.05, 0.1) is 6.04 Å². The van der Waals surface area contributed by atoms with Gasteiger partial charge < -0.3 is 49.7 Å². The first-order chi connectivity index (χ1) is 16.8. The summed E-state index contributed by atoms with van der Waals surface area (Å²) in [6, 6.07) is -4.12. The van der Waals surface area contributed by atoms with Crippen molar-refractivity contribution in [2.45, 2.75) is 77.0 Å². The van der Waals surface area contributed by atoms with Crippen molar-refractivity contribution in [1.82, 2.24) is 16.0 Å². The number of hydrogen-bond donors (Lipinski definition) is 9. The molecule has 0 aliphatic heterocycles. The minimum absolute atomic E-state index is 0.0620. The van der Waals surface area contributed by atoms with Gasteiger partial charge in [-0.25, -0.2) is 4.79 Å². The number of nitrogens with one attached hydrogen (secondary N) is 3. The summed E-state index contributed by atoms with van der Waals surface area (Å²) >= 11 is 0. The van der Waals surface area contributed by atoms with Gasteiger partial charge in [0, 0.05) is 13.1 Å². The highest BCUT2D eigenvalue weighted by Gasteiger charge is 2.31. The van der Waals surface area contributed by atoms with Crippen LogP contribution in [0.25, 0.3) is 0 Å². The Hall–Kier alpha value is -3.62. The lowest BCUT2D eigenvalue weighted by atomic mass is 9.97. The monoisotopic (exact) mass is 514 g/mol. The van der Waals surface area contributed by atoms with Gasteiger partial charge in [-0.05, 0) is 38.5 Å². The van der Waals surface area contributed by atoms with Gasteiger partial charge in [-0.1, -0.05) is 20.3 Å². The molecule has 0 fully saturated rings. The number of carboxylic acids is 1. The van der Waals surface area contributed by atoms with Crippen LogP contribution < -0.4 is 44.6 Å². The fourth-order valence-electron chi connectivity index (χ4n) is 3.05. The summed E-state index contributed by atoms with van der Waals surface area (Å²) in [5.41, 5.74) is 26.8. The molecule has 0 aliphatic rings.